The van der Waals surface area contributed by atoms with Crippen molar-refractivity contribution in [2.24, 2.45) is 0 Å². The van der Waals surface area contributed by atoms with E-state index < -0.39 is 0 Å². The number of carbonyl (C=O) groups is 1. The van der Waals surface area contributed by atoms with Gasteiger partial charge in [0.15, 0.2) is 5.75 Å². The van der Waals surface area contributed by atoms with E-state index in [1.54, 1.807) is 0 Å². The van der Waals surface area contributed by atoms with Gasteiger partial charge in [-0.1, -0.05) is 42.5 Å². The number of rotatable bonds is 6. The molecule has 0 spiro atoms. The molecule has 0 bridgehead atoms. The van der Waals surface area contributed by atoms with Crippen LogP contribution in [0.2, 0.25) is 0 Å². The summed E-state index contributed by atoms with van der Waals surface area (Å²) in [7, 11) is 0. The molecule has 5 heteroatoms. The van der Waals surface area contributed by atoms with Crippen molar-refractivity contribution in [1.29, 1.82) is 0 Å². The van der Waals surface area contributed by atoms with Gasteiger partial charge in [-0.15, -0.1) is 0 Å². The number of para-hydroxylation sites is 3. The van der Waals surface area contributed by atoms with Crippen LogP contribution in [0.1, 0.15) is 27.3 Å². The molecule has 0 unspecified atom stereocenters. The zero-order chi connectivity index (χ0) is 20.9. The number of hydrogen-bond donors (Lipinski definition) is 1. The molecule has 1 amide bonds. The number of aryl methyl sites for hydroxylation is 2. The first-order valence-electron chi connectivity index (χ1n) is 9.82. The van der Waals surface area contributed by atoms with Crippen LogP contribution < -0.4 is 10.1 Å². The van der Waals surface area contributed by atoms with E-state index in [0.717, 1.165) is 17.0 Å². The number of amides is 1. The molecule has 4 rings (SSSR count). The van der Waals surface area contributed by atoms with Gasteiger partial charge in [-0.3, -0.25) is 9.48 Å². The SMILES string of the molecule is Cc1cc(C)n(Cc2ccc(C(=O)Nc3ccccc3Oc3ccccc3)cc2)n1. The summed E-state index contributed by atoms with van der Waals surface area (Å²) in [5, 5.41) is 7.43. The fourth-order valence-electron chi connectivity index (χ4n) is 3.24. The lowest BCUT2D eigenvalue weighted by Gasteiger charge is -2.12. The van der Waals surface area contributed by atoms with Gasteiger partial charge >= 0.3 is 0 Å². The first-order chi connectivity index (χ1) is 14.6. The Kier molecular flexibility index (Phi) is 5.61. The third-order valence-corrected chi connectivity index (χ3v) is 4.76. The standard InChI is InChI=1S/C25H23N3O2/c1-18-16-19(2)28(27-18)17-20-12-14-21(15-13-20)25(29)26-23-10-6-7-11-24(23)30-22-8-4-3-5-9-22/h3-16H,17H2,1-2H3,(H,26,29). The Morgan fingerprint density at radius 1 is 0.933 bits per heavy atom. The summed E-state index contributed by atoms with van der Waals surface area (Å²) in [6.45, 7) is 4.70. The quantitative estimate of drug-likeness (QED) is 0.461. The maximum Gasteiger partial charge on any atom is 0.255 e. The summed E-state index contributed by atoms with van der Waals surface area (Å²) >= 11 is 0. The molecule has 150 valence electrons. The summed E-state index contributed by atoms with van der Waals surface area (Å²) in [5.41, 5.74) is 4.41. The van der Waals surface area contributed by atoms with Crippen molar-refractivity contribution in [1.82, 2.24) is 9.78 Å². The fourth-order valence-corrected chi connectivity index (χ4v) is 3.24. The van der Waals surface area contributed by atoms with E-state index in [9.17, 15) is 4.79 Å². The van der Waals surface area contributed by atoms with Crippen LogP contribution in [-0.4, -0.2) is 15.7 Å². The lowest BCUT2D eigenvalue weighted by atomic mass is 10.1. The molecule has 1 N–H and O–H groups in total. The number of hydrogen-bond acceptors (Lipinski definition) is 3. The maximum atomic E-state index is 12.8. The number of aromatic nitrogens is 2. The van der Waals surface area contributed by atoms with Crippen LogP contribution >= 0.6 is 0 Å². The van der Waals surface area contributed by atoms with Gasteiger partial charge in [-0.05, 0) is 61.9 Å². The number of benzene rings is 3. The summed E-state index contributed by atoms with van der Waals surface area (Å²) in [6, 6.07) is 26.5. The molecule has 0 aliphatic rings. The fraction of sp³-hybridized carbons (Fsp3) is 0.120. The minimum atomic E-state index is -0.184. The van der Waals surface area contributed by atoms with Gasteiger partial charge < -0.3 is 10.1 Å². The first kappa shape index (κ1) is 19.5. The first-order valence-corrected chi connectivity index (χ1v) is 9.82. The van der Waals surface area contributed by atoms with Gasteiger partial charge in [0.25, 0.3) is 5.91 Å². The van der Waals surface area contributed by atoms with Crippen molar-refractivity contribution in [3.8, 4) is 11.5 Å². The molecule has 0 fully saturated rings. The van der Waals surface area contributed by atoms with Gasteiger partial charge in [-0.25, -0.2) is 0 Å². The van der Waals surface area contributed by atoms with Crippen molar-refractivity contribution in [3.63, 3.8) is 0 Å². The molecule has 1 aromatic heterocycles. The molecule has 0 saturated heterocycles. The highest BCUT2D eigenvalue weighted by atomic mass is 16.5. The average Bonchev–Trinajstić information content (AvgIpc) is 3.07. The second kappa shape index (κ2) is 8.66. The zero-order valence-corrected chi connectivity index (χ0v) is 17.0. The summed E-state index contributed by atoms with van der Waals surface area (Å²) in [4.78, 5) is 12.8. The smallest absolute Gasteiger partial charge is 0.255 e. The van der Waals surface area contributed by atoms with Crippen molar-refractivity contribution in [2.45, 2.75) is 20.4 Å². The van der Waals surface area contributed by atoms with E-state index >= 15 is 0 Å². The average molecular weight is 397 g/mol. The molecule has 0 aliphatic heterocycles. The molecule has 3 aromatic carbocycles. The second-order valence-corrected chi connectivity index (χ2v) is 7.15. The Morgan fingerprint density at radius 2 is 1.63 bits per heavy atom. The summed E-state index contributed by atoms with van der Waals surface area (Å²) < 4.78 is 7.88. The molecule has 30 heavy (non-hydrogen) atoms. The maximum absolute atomic E-state index is 12.8. The van der Waals surface area contributed by atoms with Gasteiger partial charge in [0.05, 0.1) is 17.9 Å². The van der Waals surface area contributed by atoms with Gasteiger partial charge in [0, 0.05) is 11.3 Å². The number of nitrogens with zero attached hydrogens (tertiary/aromatic N) is 2. The van der Waals surface area contributed by atoms with Crippen LogP contribution in [-0.2, 0) is 6.54 Å². The van der Waals surface area contributed by atoms with E-state index in [4.69, 9.17) is 4.74 Å². The normalized spacial score (nSPS) is 10.6. The summed E-state index contributed by atoms with van der Waals surface area (Å²) in [5.74, 6) is 1.13. The molecule has 1 heterocycles. The Morgan fingerprint density at radius 3 is 2.33 bits per heavy atom. The lowest BCUT2D eigenvalue weighted by molar-refractivity contribution is 0.102. The minimum absolute atomic E-state index is 0.184. The van der Waals surface area contributed by atoms with Crippen molar-refractivity contribution in [3.05, 3.63) is 107 Å². The van der Waals surface area contributed by atoms with Crippen LogP contribution in [0.25, 0.3) is 0 Å². The molecule has 0 aliphatic carbocycles. The minimum Gasteiger partial charge on any atom is -0.455 e. The number of carbonyl (C=O) groups excluding carboxylic acids is 1. The van der Waals surface area contributed by atoms with E-state index in [2.05, 4.69) is 16.5 Å². The van der Waals surface area contributed by atoms with Crippen LogP contribution in [0.4, 0.5) is 5.69 Å². The van der Waals surface area contributed by atoms with Crippen molar-refractivity contribution in [2.75, 3.05) is 5.32 Å². The van der Waals surface area contributed by atoms with E-state index in [0.29, 0.717) is 29.3 Å². The number of nitrogens with one attached hydrogen (secondary N) is 1. The molecule has 0 atom stereocenters. The lowest BCUT2D eigenvalue weighted by Crippen LogP contribution is -2.13. The Bertz CT molecular complexity index is 1150. The highest BCUT2D eigenvalue weighted by molar-refractivity contribution is 6.05. The predicted octanol–water partition coefficient (Wildman–Crippen LogP) is 5.59. The van der Waals surface area contributed by atoms with Crippen LogP contribution in [0.15, 0.2) is 84.9 Å². The van der Waals surface area contributed by atoms with Crippen molar-refractivity contribution >= 4 is 11.6 Å². The molecule has 0 radical (unpaired) electrons. The number of anilines is 1. The third-order valence-electron chi connectivity index (χ3n) is 4.76. The second-order valence-electron chi connectivity index (χ2n) is 7.15. The predicted molar refractivity (Wildman–Crippen MR) is 118 cm³/mol. The molecule has 0 saturated carbocycles. The van der Waals surface area contributed by atoms with E-state index in [1.807, 2.05) is 97.4 Å². The largest absolute Gasteiger partial charge is 0.455 e. The van der Waals surface area contributed by atoms with E-state index in [1.165, 1.54) is 0 Å². The Balaban J connectivity index is 1.46. The number of ether oxygens (including phenoxy) is 1. The molecule has 5 nitrogen and oxygen atoms in total. The Hall–Kier alpha value is -3.86. The van der Waals surface area contributed by atoms with Gasteiger partial charge in [-0.2, -0.15) is 5.10 Å². The monoisotopic (exact) mass is 397 g/mol. The Labute approximate surface area is 175 Å². The third kappa shape index (κ3) is 4.58. The van der Waals surface area contributed by atoms with Crippen LogP contribution in [0, 0.1) is 13.8 Å². The molecular formula is C25H23N3O2. The summed E-state index contributed by atoms with van der Waals surface area (Å²) in [6.07, 6.45) is 0. The van der Waals surface area contributed by atoms with Crippen molar-refractivity contribution < 1.29 is 9.53 Å². The zero-order valence-electron chi connectivity index (χ0n) is 17.0. The highest BCUT2D eigenvalue weighted by Crippen LogP contribution is 2.29. The highest BCUT2D eigenvalue weighted by Gasteiger charge is 2.11. The van der Waals surface area contributed by atoms with E-state index in [-0.39, 0.29) is 5.91 Å². The topological polar surface area (TPSA) is 56.2 Å². The molecule has 4 aromatic rings. The van der Waals surface area contributed by atoms with Gasteiger partial charge in [0.2, 0.25) is 0 Å². The van der Waals surface area contributed by atoms with Gasteiger partial charge in [0.1, 0.15) is 5.75 Å². The van der Waals surface area contributed by atoms with Crippen LogP contribution in [0.5, 0.6) is 11.5 Å². The molecular weight excluding hydrogens is 374 g/mol. The van der Waals surface area contributed by atoms with Crippen LogP contribution in [0.3, 0.4) is 0 Å².